The zero-order chi connectivity index (χ0) is 21.8. The minimum Gasteiger partial charge on any atom is -0.536 e. The van der Waals surface area contributed by atoms with Crippen LogP contribution in [0.4, 0.5) is 4.39 Å². The highest BCUT2D eigenvalue weighted by Crippen LogP contribution is 2.27. The molecule has 1 aromatic carbocycles. The van der Waals surface area contributed by atoms with Crippen LogP contribution in [0.3, 0.4) is 0 Å². The number of rotatable bonds is 7. The summed E-state index contributed by atoms with van der Waals surface area (Å²) >= 11 is 5.79. The van der Waals surface area contributed by atoms with E-state index < -0.39 is 36.8 Å². The minimum absolute atomic E-state index is 0.197. The molecule has 158 valence electrons. The van der Waals surface area contributed by atoms with Crippen molar-refractivity contribution < 1.29 is 28.1 Å². The van der Waals surface area contributed by atoms with E-state index in [-0.39, 0.29) is 28.8 Å². The molecule has 0 spiro atoms. The first-order valence-electron chi connectivity index (χ1n) is 9.51. The molecule has 2 amide bonds. The third-order valence-corrected chi connectivity index (χ3v) is 4.78. The normalized spacial score (nSPS) is 18.6. The molecule has 0 bridgehead atoms. The van der Waals surface area contributed by atoms with Gasteiger partial charge in [-0.1, -0.05) is 31.5 Å². The summed E-state index contributed by atoms with van der Waals surface area (Å²) in [6.07, 6.45) is 4.35. The van der Waals surface area contributed by atoms with Crippen LogP contribution in [0.1, 0.15) is 30.6 Å². The standard InChI is InChI=1S/C20H21BClFN2O5/c1-11(2)8-17(21-29-16-5-3-4-15(26)19(16)30-21)25-18(27)10-24-20(28)13-9-12(22)6-7-14(13)23/h3-7,9,11,17,19H,8,10H2,1-2H3,(H,24,28)(H,25,27). The Hall–Kier alpha value is -2.65. The molecule has 1 aromatic rings. The van der Waals surface area contributed by atoms with Gasteiger partial charge in [-0.05, 0) is 42.7 Å². The maximum absolute atomic E-state index is 13.8. The summed E-state index contributed by atoms with van der Waals surface area (Å²) in [6, 6.07) is 3.59. The first-order valence-corrected chi connectivity index (χ1v) is 9.89. The summed E-state index contributed by atoms with van der Waals surface area (Å²) in [5.74, 6) is -2.17. The van der Waals surface area contributed by atoms with Gasteiger partial charge in [0, 0.05) is 5.02 Å². The van der Waals surface area contributed by atoms with Crippen LogP contribution in [0.25, 0.3) is 0 Å². The molecule has 1 saturated heterocycles. The van der Waals surface area contributed by atoms with Gasteiger partial charge in [0.1, 0.15) is 11.6 Å². The number of carbonyl (C=O) groups is 3. The number of fused-ring (bicyclic) bond motifs is 1. The Morgan fingerprint density at radius 1 is 1.33 bits per heavy atom. The van der Waals surface area contributed by atoms with E-state index in [1.54, 1.807) is 12.2 Å². The Bertz CT molecular complexity index is 920. The van der Waals surface area contributed by atoms with Gasteiger partial charge in [-0.3, -0.25) is 14.4 Å². The largest absolute Gasteiger partial charge is 0.550 e. The van der Waals surface area contributed by atoms with E-state index in [1.165, 1.54) is 18.2 Å². The number of benzene rings is 1. The SMILES string of the molecule is CC(C)CC(NC(=O)CNC(=O)c1cc(Cl)ccc1F)B1OC2=CC=CC(=O)C2O1. The van der Waals surface area contributed by atoms with Crippen LogP contribution in [0.5, 0.6) is 0 Å². The Labute approximate surface area is 178 Å². The van der Waals surface area contributed by atoms with Crippen molar-refractivity contribution in [3.05, 3.63) is 58.6 Å². The van der Waals surface area contributed by atoms with Crippen LogP contribution >= 0.6 is 11.6 Å². The number of carbonyl (C=O) groups excluding carboxylic acids is 3. The van der Waals surface area contributed by atoms with Crippen LogP contribution in [0.15, 0.2) is 42.2 Å². The molecule has 10 heteroatoms. The second-order valence-electron chi connectivity index (χ2n) is 7.44. The molecule has 0 saturated carbocycles. The van der Waals surface area contributed by atoms with Crippen molar-refractivity contribution in [3.8, 4) is 0 Å². The van der Waals surface area contributed by atoms with Gasteiger partial charge in [-0.25, -0.2) is 4.39 Å². The Kier molecular flexibility index (Phi) is 6.94. The molecule has 1 aliphatic heterocycles. The third-order valence-electron chi connectivity index (χ3n) is 4.54. The number of amides is 2. The Morgan fingerprint density at radius 2 is 2.10 bits per heavy atom. The molecule has 0 aromatic heterocycles. The summed E-state index contributed by atoms with van der Waals surface area (Å²) in [5, 5.41) is 5.34. The summed E-state index contributed by atoms with van der Waals surface area (Å²) in [4.78, 5) is 36.5. The van der Waals surface area contributed by atoms with Crippen molar-refractivity contribution in [2.75, 3.05) is 6.54 Å². The number of allylic oxidation sites excluding steroid dienone is 2. The van der Waals surface area contributed by atoms with Gasteiger partial charge >= 0.3 is 7.12 Å². The summed E-state index contributed by atoms with van der Waals surface area (Å²) in [5.41, 5.74) is -0.251. The van der Waals surface area contributed by atoms with E-state index in [0.717, 1.165) is 6.07 Å². The minimum atomic E-state index is -0.836. The van der Waals surface area contributed by atoms with Crippen LogP contribution in [0.2, 0.25) is 5.02 Å². The van der Waals surface area contributed by atoms with Gasteiger partial charge < -0.3 is 19.9 Å². The lowest BCUT2D eigenvalue weighted by Crippen LogP contribution is -2.51. The van der Waals surface area contributed by atoms with Crippen LogP contribution in [-0.4, -0.2) is 43.3 Å². The molecule has 7 nitrogen and oxygen atoms in total. The van der Waals surface area contributed by atoms with Crippen LogP contribution in [0, 0.1) is 11.7 Å². The van der Waals surface area contributed by atoms with Gasteiger partial charge in [-0.15, -0.1) is 0 Å². The first-order chi connectivity index (χ1) is 14.2. The average Bonchev–Trinajstić information content (AvgIpc) is 3.13. The second kappa shape index (κ2) is 9.44. The summed E-state index contributed by atoms with van der Waals surface area (Å²) < 4.78 is 25.2. The third kappa shape index (κ3) is 5.28. The highest BCUT2D eigenvalue weighted by molar-refractivity contribution is 6.48. The Morgan fingerprint density at radius 3 is 2.80 bits per heavy atom. The summed E-state index contributed by atoms with van der Waals surface area (Å²) in [6.45, 7) is 3.56. The molecule has 2 N–H and O–H groups in total. The molecule has 2 unspecified atom stereocenters. The molecule has 1 heterocycles. The quantitative estimate of drug-likeness (QED) is 0.642. The number of halogens is 2. The van der Waals surface area contributed by atoms with Crippen LogP contribution < -0.4 is 10.6 Å². The zero-order valence-corrected chi connectivity index (χ0v) is 17.2. The fourth-order valence-corrected chi connectivity index (χ4v) is 3.36. The molecule has 2 atom stereocenters. The van der Waals surface area contributed by atoms with E-state index in [2.05, 4.69) is 10.6 Å². The van der Waals surface area contributed by atoms with E-state index in [0.29, 0.717) is 12.2 Å². The highest BCUT2D eigenvalue weighted by Gasteiger charge is 2.46. The molecule has 1 aliphatic carbocycles. The number of hydrogen-bond acceptors (Lipinski definition) is 5. The van der Waals surface area contributed by atoms with Crippen LogP contribution in [-0.2, 0) is 18.9 Å². The Balaban J connectivity index is 1.60. The first kappa shape index (κ1) is 22.0. The van der Waals surface area contributed by atoms with Gasteiger partial charge in [0.05, 0.1) is 18.0 Å². The summed E-state index contributed by atoms with van der Waals surface area (Å²) in [7, 11) is -0.836. The lowest BCUT2D eigenvalue weighted by molar-refractivity contribution is -0.120. The molecular formula is C20H21BClFN2O5. The van der Waals surface area contributed by atoms with Gasteiger partial charge in [0.25, 0.3) is 5.91 Å². The van der Waals surface area contributed by atoms with Crippen molar-refractivity contribution >= 4 is 36.3 Å². The number of ketones is 1. The topological polar surface area (TPSA) is 93.7 Å². The maximum Gasteiger partial charge on any atom is 0.550 e. The van der Waals surface area contributed by atoms with E-state index in [1.807, 2.05) is 13.8 Å². The number of nitrogens with one attached hydrogen (secondary N) is 2. The molecule has 3 rings (SSSR count). The highest BCUT2D eigenvalue weighted by atomic mass is 35.5. The molecule has 30 heavy (non-hydrogen) atoms. The van der Waals surface area contributed by atoms with Crippen molar-refractivity contribution in [1.29, 1.82) is 0 Å². The fourth-order valence-electron chi connectivity index (χ4n) is 3.19. The monoisotopic (exact) mass is 434 g/mol. The number of hydrogen-bond donors (Lipinski definition) is 2. The van der Waals surface area contributed by atoms with Crippen molar-refractivity contribution in [2.45, 2.75) is 32.3 Å². The zero-order valence-electron chi connectivity index (χ0n) is 16.5. The van der Waals surface area contributed by atoms with E-state index in [9.17, 15) is 18.8 Å². The van der Waals surface area contributed by atoms with Gasteiger partial charge in [0.15, 0.2) is 11.9 Å². The molecule has 0 radical (unpaired) electrons. The van der Waals surface area contributed by atoms with Crippen molar-refractivity contribution in [1.82, 2.24) is 10.6 Å². The lowest BCUT2D eigenvalue weighted by atomic mass is 9.74. The average molecular weight is 435 g/mol. The predicted molar refractivity (Wildman–Crippen MR) is 109 cm³/mol. The van der Waals surface area contributed by atoms with E-state index in [4.69, 9.17) is 20.9 Å². The molecule has 2 aliphatic rings. The smallest absolute Gasteiger partial charge is 0.536 e. The second-order valence-corrected chi connectivity index (χ2v) is 7.88. The van der Waals surface area contributed by atoms with Gasteiger partial charge in [-0.2, -0.15) is 0 Å². The van der Waals surface area contributed by atoms with Crippen molar-refractivity contribution in [2.24, 2.45) is 5.92 Å². The molecular weight excluding hydrogens is 413 g/mol. The van der Waals surface area contributed by atoms with E-state index >= 15 is 0 Å². The lowest BCUT2D eigenvalue weighted by Gasteiger charge is -2.21. The fraction of sp³-hybridized carbons (Fsp3) is 0.350. The predicted octanol–water partition coefficient (Wildman–Crippen LogP) is 2.21. The molecule has 1 fully saturated rings. The van der Waals surface area contributed by atoms with Crippen molar-refractivity contribution in [3.63, 3.8) is 0 Å². The van der Waals surface area contributed by atoms with Gasteiger partial charge in [0.2, 0.25) is 5.91 Å². The maximum atomic E-state index is 13.8.